The minimum Gasteiger partial charge on any atom is -0.504 e. The summed E-state index contributed by atoms with van der Waals surface area (Å²) in [6.45, 7) is 20.0. The van der Waals surface area contributed by atoms with Gasteiger partial charge in [-0.1, -0.05) is 66.2 Å². The number of hydrogen-bond donors (Lipinski definition) is 1. The Kier molecular flexibility index (Phi) is 13.4. The number of aromatic hydroxyl groups is 1. The smallest absolute Gasteiger partial charge is 0.312 e. The number of esters is 4. The van der Waals surface area contributed by atoms with Gasteiger partial charge in [-0.3, -0.25) is 24.0 Å². The number of rotatable bonds is 11. The lowest BCUT2D eigenvalue weighted by atomic mass is 9.33. The second-order valence-electron chi connectivity index (χ2n) is 25.6. The van der Waals surface area contributed by atoms with Gasteiger partial charge in [0.1, 0.15) is 18.0 Å². The lowest BCUT2D eigenvalue weighted by Crippen LogP contribution is -2.65. The molecule has 1 heterocycles. The third-order valence-corrected chi connectivity index (χ3v) is 21.4. The zero-order valence-electron chi connectivity index (χ0n) is 45.4. The summed E-state index contributed by atoms with van der Waals surface area (Å²) in [5, 5.41) is 11.7. The summed E-state index contributed by atoms with van der Waals surface area (Å²) in [6, 6.07) is 3.16. The van der Waals surface area contributed by atoms with Crippen molar-refractivity contribution in [2.45, 2.75) is 201 Å². The number of ether oxygens (including phenoxy) is 6. The van der Waals surface area contributed by atoms with E-state index < -0.39 is 41.0 Å². The average molecular weight is 998 g/mol. The number of carbonyl (C=O) groups excluding carboxylic acids is 5. The van der Waals surface area contributed by atoms with Crippen LogP contribution in [0.25, 0.3) is 0 Å². The number of phenolic OH excluding ortho intramolecular Hbond substituents is 1. The fourth-order valence-corrected chi connectivity index (χ4v) is 17.8. The number of unbranched alkanes of at least 4 members (excludes halogenated alkanes) is 1. The first kappa shape index (κ1) is 52.3. The molecule has 9 rings (SSSR count). The number of likely N-dealkylation sites (tertiary alicyclic amines) is 1. The second kappa shape index (κ2) is 18.4. The molecule has 0 spiro atoms. The highest BCUT2D eigenvalue weighted by molar-refractivity contribution is 5.80. The largest absolute Gasteiger partial charge is 0.504 e. The Labute approximate surface area is 427 Å². The van der Waals surface area contributed by atoms with Crippen LogP contribution in [0, 0.1) is 50.2 Å². The summed E-state index contributed by atoms with van der Waals surface area (Å²) in [4.78, 5) is 68.7. The van der Waals surface area contributed by atoms with Crippen LogP contribution in [-0.2, 0) is 59.5 Å². The maximum absolute atomic E-state index is 14.4. The van der Waals surface area contributed by atoms with E-state index in [4.69, 9.17) is 28.4 Å². The Morgan fingerprint density at radius 2 is 1.47 bits per heavy atom. The van der Waals surface area contributed by atoms with Crippen LogP contribution in [0.1, 0.15) is 176 Å². The molecule has 1 saturated heterocycles. The third-order valence-electron chi connectivity index (χ3n) is 21.4. The molecule has 2 bridgehead atoms. The minimum absolute atomic E-state index is 0.00224. The zero-order valence-corrected chi connectivity index (χ0v) is 45.4. The molecule has 7 aliphatic carbocycles. The molecule has 8 aliphatic rings. The van der Waals surface area contributed by atoms with Crippen molar-refractivity contribution in [1.82, 2.24) is 4.90 Å². The molecular formula is C59H83NO12. The Hall–Kier alpha value is -4.55. The maximum atomic E-state index is 14.4. The van der Waals surface area contributed by atoms with Gasteiger partial charge in [-0.05, 0) is 141 Å². The number of benzene rings is 1. The van der Waals surface area contributed by atoms with Gasteiger partial charge >= 0.3 is 23.9 Å². The molecule has 396 valence electrons. The van der Waals surface area contributed by atoms with Crippen LogP contribution in [0.15, 0.2) is 35.1 Å². The summed E-state index contributed by atoms with van der Waals surface area (Å²) in [7, 11) is 4.55. The average Bonchev–Trinajstić information content (AvgIpc) is 3.30. The molecule has 0 aromatic heterocycles. The molecule has 3 unspecified atom stereocenters. The van der Waals surface area contributed by atoms with E-state index in [9.17, 15) is 29.1 Å². The first-order valence-corrected chi connectivity index (χ1v) is 27.2. The maximum Gasteiger partial charge on any atom is 0.312 e. The van der Waals surface area contributed by atoms with E-state index in [1.807, 2.05) is 11.0 Å². The zero-order chi connectivity index (χ0) is 52.1. The normalized spacial score (nSPS) is 37.9. The van der Waals surface area contributed by atoms with E-state index in [1.54, 1.807) is 13.2 Å². The second-order valence-corrected chi connectivity index (χ2v) is 25.6. The van der Waals surface area contributed by atoms with Crippen molar-refractivity contribution in [3.8, 4) is 11.5 Å². The fraction of sp³-hybridized carbons (Fsp3) is 0.746. The number of phenols is 1. The van der Waals surface area contributed by atoms with Gasteiger partial charge < -0.3 is 38.4 Å². The summed E-state index contributed by atoms with van der Waals surface area (Å²) in [5.41, 5.74) is 2.53. The Bertz CT molecular complexity index is 2450. The topological polar surface area (TPSA) is 164 Å². The number of nitrogens with zero attached hydrogens (tertiary/aromatic N) is 1. The van der Waals surface area contributed by atoms with E-state index in [-0.39, 0.29) is 82.0 Å². The molecule has 4 saturated carbocycles. The van der Waals surface area contributed by atoms with E-state index in [1.165, 1.54) is 33.6 Å². The van der Waals surface area contributed by atoms with Crippen molar-refractivity contribution in [3.63, 3.8) is 0 Å². The molecular weight excluding hydrogens is 915 g/mol. The van der Waals surface area contributed by atoms with Crippen molar-refractivity contribution in [1.29, 1.82) is 0 Å². The van der Waals surface area contributed by atoms with Crippen LogP contribution in [0.3, 0.4) is 0 Å². The first-order valence-electron chi connectivity index (χ1n) is 27.2. The summed E-state index contributed by atoms with van der Waals surface area (Å²) in [5.74, 6) is 0.268. The molecule has 5 fully saturated rings. The molecule has 1 amide bonds. The van der Waals surface area contributed by atoms with Gasteiger partial charge in [0.25, 0.3) is 0 Å². The van der Waals surface area contributed by atoms with E-state index in [0.29, 0.717) is 61.1 Å². The molecule has 1 N–H and O–H groups in total. The van der Waals surface area contributed by atoms with Crippen molar-refractivity contribution < 1.29 is 57.5 Å². The number of allylic oxidation sites excluding steroid dienone is 2. The monoisotopic (exact) mass is 998 g/mol. The highest BCUT2D eigenvalue weighted by Crippen LogP contribution is 2.76. The van der Waals surface area contributed by atoms with E-state index in [0.717, 1.165) is 75.3 Å². The van der Waals surface area contributed by atoms with Crippen LogP contribution >= 0.6 is 0 Å². The van der Waals surface area contributed by atoms with Crippen molar-refractivity contribution in [3.05, 3.63) is 46.2 Å². The van der Waals surface area contributed by atoms with Gasteiger partial charge in [0.05, 0.1) is 32.8 Å². The van der Waals surface area contributed by atoms with Gasteiger partial charge in [-0.2, -0.15) is 0 Å². The summed E-state index contributed by atoms with van der Waals surface area (Å²) in [6.07, 6.45) is 12.8. The molecule has 12 atom stereocenters. The molecule has 13 nitrogen and oxygen atoms in total. The van der Waals surface area contributed by atoms with Gasteiger partial charge in [0.15, 0.2) is 17.6 Å². The molecule has 1 aromatic carbocycles. The molecule has 1 aromatic rings. The van der Waals surface area contributed by atoms with Gasteiger partial charge in [0.2, 0.25) is 5.91 Å². The number of amides is 1. The third kappa shape index (κ3) is 7.90. The molecule has 72 heavy (non-hydrogen) atoms. The van der Waals surface area contributed by atoms with Crippen LogP contribution in [-0.4, -0.2) is 92.0 Å². The highest BCUT2D eigenvalue weighted by atomic mass is 16.6. The number of hydrogen-bond acceptors (Lipinski definition) is 12. The number of methoxy groups -OCH3 is 3. The van der Waals surface area contributed by atoms with Crippen molar-refractivity contribution in [2.75, 3.05) is 27.9 Å². The molecule has 0 radical (unpaired) electrons. The van der Waals surface area contributed by atoms with Crippen molar-refractivity contribution >= 4 is 29.8 Å². The summed E-state index contributed by atoms with van der Waals surface area (Å²) >= 11 is 0. The Morgan fingerprint density at radius 1 is 0.764 bits per heavy atom. The number of fused-ring (bicyclic) bond motifs is 8. The quantitative estimate of drug-likeness (QED) is 0.0967. The van der Waals surface area contributed by atoms with E-state index in [2.05, 4.69) is 54.5 Å². The summed E-state index contributed by atoms with van der Waals surface area (Å²) < 4.78 is 35.3. The number of piperidine rings is 1. The molecule has 1 aliphatic heterocycles. The number of carbonyl (C=O) groups is 5. The van der Waals surface area contributed by atoms with Gasteiger partial charge in [-0.25, -0.2) is 0 Å². The fourth-order valence-electron chi connectivity index (χ4n) is 17.8. The SMILES string of the molecule is COC(=O)[C@]12CCC(C)(C)C[C@H]1C1=CC[C@@H]3[C@@]4(C)CC[C@H](OC(=O)CCCCC(=O)N5CC[C@@]67CC(OC(C)=O)C(OC(C)=O)C(OC)=C6[C@H]5Cc5ccc(OC)c(O)c57)C(C)(C)C4CC[C@@]3(C)[C@]1(C)CC2. The van der Waals surface area contributed by atoms with E-state index >= 15 is 0 Å². The first-order chi connectivity index (χ1) is 33.9. The van der Waals surface area contributed by atoms with Crippen LogP contribution in [0.2, 0.25) is 0 Å². The predicted molar refractivity (Wildman–Crippen MR) is 269 cm³/mol. The van der Waals surface area contributed by atoms with Gasteiger partial charge in [-0.15, -0.1) is 0 Å². The highest BCUT2D eigenvalue weighted by Gasteiger charge is 2.70. The lowest BCUT2D eigenvalue weighted by Gasteiger charge is -2.71. The lowest BCUT2D eigenvalue weighted by molar-refractivity contribution is -0.214. The van der Waals surface area contributed by atoms with Crippen LogP contribution in [0.4, 0.5) is 0 Å². The van der Waals surface area contributed by atoms with Crippen LogP contribution in [0.5, 0.6) is 11.5 Å². The standard InChI is InChI=1S/C59H83NO12/c1-34(61)70-41-33-59-29-30-60(39(48(59)51(68-11)50(41)71-35(2)62)31-36-17-19-40(67-10)49(65)47(36)59)45(63)15-13-14-16-46(64)72-44-22-23-55(7)42(54(44,5)6)21-24-57(9)43(55)20-18-37-38-32-53(3,4)25-27-58(38,52(66)69-12)28-26-56(37,57)8/h17-19,38-39,41-44,50,65H,13-16,20-33H2,1-12H3/t38-,39+,41?,42?,43+,44-,50?,55-,56+,57+,58-,59-/m0/s1. The Balaban J connectivity index is 0.866. The minimum atomic E-state index is -1.04. The Morgan fingerprint density at radius 3 is 2.15 bits per heavy atom. The van der Waals surface area contributed by atoms with Crippen molar-refractivity contribution in [2.24, 2.45) is 50.2 Å². The predicted octanol–water partition coefficient (Wildman–Crippen LogP) is 10.4. The van der Waals surface area contributed by atoms with Gasteiger partial charge in [0, 0.05) is 61.6 Å². The molecule has 13 heteroatoms. The van der Waals surface area contributed by atoms with Crippen LogP contribution < -0.4 is 4.74 Å².